The highest BCUT2D eigenvalue weighted by atomic mass is 16.4. The van der Waals surface area contributed by atoms with Crippen molar-refractivity contribution in [3.05, 3.63) is 45.4 Å². The van der Waals surface area contributed by atoms with Crippen molar-refractivity contribution in [2.24, 2.45) is 5.18 Å². The van der Waals surface area contributed by atoms with E-state index >= 15 is 0 Å². The van der Waals surface area contributed by atoms with Gasteiger partial charge in [0.05, 0.1) is 0 Å². The van der Waals surface area contributed by atoms with Gasteiger partial charge in [-0.05, 0) is 60.8 Å². The van der Waals surface area contributed by atoms with Gasteiger partial charge >= 0.3 is 5.97 Å². The number of allylic oxidation sites excluding steroid dienone is 2. The van der Waals surface area contributed by atoms with Crippen LogP contribution in [0.2, 0.25) is 0 Å². The molecule has 0 bridgehead atoms. The Labute approximate surface area is 123 Å². The summed E-state index contributed by atoms with van der Waals surface area (Å²) in [6.07, 6.45) is 6.12. The van der Waals surface area contributed by atoms with Crippen LogP contribution in [0, 0.1) is 4.91 Å². The number of nitrogens with zero attached hydrogens (tertiary/aromatic N) is 1. The molecule has 0 radical (unpaired) electrons. The third kappa shape index (κ3) is 2.75. The second-order valence-electron chi connectivity index (χ2n) is 5.94. The molecule has 0 fully saturated rings. The van der Waals surface area contributed by atoms with E-state index in [0.717, 1.165) is 18.4 Å². The summed E-state index contributed by atoms with van der Waals surface area (Å²) in [7, 11) is 0. The summed E-state index contributed by atoms with van der Waals surface area (Å²) in [6.45, 7) is 0. The third-order valence-corrected chi connectivity index (χ3v) is 4.58. The number of hydrogen-bond donors (Lipinski definition) is 1. The first kappa shape index (κ1) is 14.0. The van der Waals surface area contributed by atoms with Gasteiger partial charge in [0.25, 0.3) is 0 Å². The lowest BCUT2D eigenvalue weighted by molar-refractivity contribution is -0.137. The normalized spacial score (nSPS) is 18.1. The van der Waals surface area contributed by atoms with Crippen molar-refractivity contribution in [3.63, 3.8) is 0 Å². The maximum Gasteiger partial charge on any atom is 0.303 e. The number of aliphatic carboxylic acids is 1. The number of rotatable bonds is 5. The maximum atomic E-state index is 11.0. The minimum Gasteiger partial charge on any atom is -0.481 e. The van der Waals surface area contributed by atoms with Crippen molar-refractivity contribution in [2.45, 2.75) is 51.0 Å². The monoisotopic (exact) mass is 285 g/mol. The first-order chi connectivity index (χ1) is 10.2. The van der Waals surface area contributed by atoms with Gasteiger partial charge in [-0.15, -0.1) is 0 Å². The molecule has 110 valence electrons. The lowest BCUT2D eigenvalue weighted by Gasteiger charge is -2.14. The van der Waals surface area contributed by atoms with Crippen LogP contribution in [0.3, 0.4) is 0 Å². The maximum absolute atomic E-state index is 11.0. The summed E-state index contributed by atoms with van der Waals surface area (Å²) in [5, 5.41) is 11.9. The van der Waals surface area contributed by atoms with E-state index in [2.05, 4.69) is 17.3 Å². The van der Waals surface area contributed by atoms with E-state index in [1.807, 2.05) is 6.07 Å². The van der Waals surface area contributed by atoms with Gasteiger partial charge in [0.1, 0.15) is 6.04 Å². The predicted molar refractivity (Wildman–Crippen MR) is 80.9 cm³/mol. The highest BCUT2D eigenvalue weighted by Gasteiger charge is 2.25. The molecule has 2 aliphatic carbocycles. The fraction of sp³-hybridized carbons (Fsp3) is 0.471. The SMILES string of the molecule is O=NC(CCC(=O)O)c1ccc2c(c1)CC1=C2CCCC1. The molecule has 1 unspecified atom stereocenters. The van der Waals surface area contributed by atoms with Gasteiger partial charge in [-0.25, -0.2) is 0 Å². The average molecular weight is 285 g/mol. The lowest BCUT2D eigenvalue weighted by atomic mass is 9.91. The van der Waals surface area contributed by atoms with Crippen molar-refractivity contribution in [1.29, 1.82) is 0 Å². The van der Waals surface area contributed by atoms with Crippen molar-refractivity contribution >= 4 is 11.5 Å². The number of fused-ring (bicyclic) bond motifs is 2. The number of carbonyl (C=O) groups is 1. The van der Waals surface area contributed by atoms with Gasteiger partial charge in [-0.1, -0.05) is 28.9 Å². The molecule has 1 aromatic rings. The molecule has 0 spiro atoms. The van der Waals surface area contributed by atoms with Crippen molar-refractivity contribution < 1.29 is 9.90 Å². The highest BCUT2D eigenvalue weighted by molar-refractivity contribution is 5.77. The molecule has 0 aliphatic heterocycles. The zero-order chi connectivity index (χ0) is 14.8. The quantitative estimate of drug-likeness (QED) is 0.823. The standard InChI is InChI=1S/C17H19NO3/c19-17(20)8-7-16(18-21)12-5-6-15-13(10-12)9-11-3-1-2-4-14(11)15/h5-6,10,16H,1-4,7-9H2,(H,19,20). The van der Waals surface area contributed by atoms with Gasteiger partial charge in [0.15, 0.2) is 0 Å². The van der Waals surface area contributed by atoms with E-state index in [1.165, 1.54) is 36.0 Å². The Kier molecular flexibility index (Phi) is 3.86. The van der Waals surface area contributed by atoms with Crippen molar-refractivity contribution in [3.8, 4) is 0 Å². The molecule has 4 nitrogen and oxygen atoms in total. The Morgan fingerprint density at radius 3 is 2.86 bits per heavy atom. The molecule has 0 heterocycles. The first-order valence-corrected chi connectivity index (χ1v) is 7.57. The first-order valence-electron chi connectivity index (χ1n) is 7.57. The predicted octanol–water partition coefficient (Wildman–Crippen LogP) is 4.24. The Morgan fingerprint density at radius 2 is 2.10 bits per heavy atom. The van der Waals surface area contributed by atoms with Crippen LogP contribution in [0.1, 0.15) is 61.3 Å². The second-order valence-corrected chi connectivity index (χ2v) is 5.94. The average Bonchev–Trinajstić information content (AvgIpc) is 2.85. The van der Waals surface area contributed by atoms with Crippen LogP contribution < -0.4 is 0 Å². The van der Waals surface area contributed by atoms with Gasteiger partial charge in [0.2, 0.25) is 0 Å². The van der Waals surface area contributed by atoms with E-state index in [1.54, 1.807) is 5.57 Å². The fourth-order valence-electron chi connectivity index (χ4n) is 3.52. The summed E-state index contributed by atoms with van der Waals surface area (Å²) >= 11 is 0. The van der Waals surface area contributed by atoms with E-state index in [0.29, 0.717) is 0 Å². The molecular formula is C17H19NO3. The van der Waals surface area contributed by atoms with Crippen LogP contribution in [0.4, 0.5) is 0 Å². The molecule has 3 rings (SSSR count). The number of hydrogen-bond acceptors (Lipinski definition) is 3. The number of benzene rings is 1. The number of carboxylic acid groups (broad SMARTS) is 1. The zero-order valence-corrected chi connectivity index (χ0v) is 12.0. The molecule has 1 atom stereocenters. The minimum absolute atomic E-state index is 0.0256. The minimum atomic E-state index is -0.887. The van der Waals surface area contributed by atoms with Gasteiger partial charge in [-0.2, -0.15) is 4.91 Å². The molecule has 1 N–H and O–H groups in total. The molecule has 0 saturated carbocycles. The van der Waals surface area contributed by atoms with E-state index in [-0.39, 0.29) is 12.8 Å². The zero-order valence-electron chi connectivity index (χ0n) is 12.0. The lowest BCUT2D eigenvalue weighted by Crippen LogP contribution is -2.02. The Morgan fingerprint density at radius 1 is 1.29 bits per heavy atom. The van der Waals surface area contributed by atoms with Crippen molar-refractivity contribution in [2.75, 3.05) is 0 Å². The summed E-state index contributed by atoms with van der Waals surface area (Å²) in [6, 6.07) is 5.54. The Hall–Kier alpha value is -1.97. The second kappa shape index (κ2) is 5.80. The number of carboxylic acids is 1. The number of nitroso groups, excluding NO2 is 1. The highest BCUT2D eigenvalue weighted by Crippen LogP contribution is 2.42. The van der Waals surface area contributed by atoms with E-state index in [4.69, 9.17) is 5.11 Å². The van der Waals surface area contributed by atoms with Crippen molar-refractivity contribution in [1.82, 2.24) is 0 Å². The van der Waals surface area contributed by atoms with E-state index in [9.17, 15) is 9.70 Å². The topological polar surface area (TPSA) is 66.7 Å². The van der Waals surface area contributed by atoms with Gasteiger partial charge in [-0.3, -0.25) is 4.79 Å². The molecule has 0 amide bonds. The van der Waals surface area contributed by atoms with Crippen LogP contribution in [0.15, 0.2) is 28.9 Å². The van der Waals surface area contributed by atoms with Gasteiger partial charge in [0, 0.05) is 6.42 Å². The van der Waals surface area contributed by atoms with Crippen LogP contribution in [-0.2, 0) is 11.2 Å². The van der Waals surface area contributed by atoms with Crippen LogP contribution in [-0.4, -0.2) is 11.1 Å². The summed E-state index contributed by atoms with van der Waals surface area (Å²) < 4.78 is 0. The molecule has 21 heavy (non-hydrogen) atoms. The smallest absolute Gasteiger partial charge is 0.303 e. The molecule has 0 saturated heterocycles. The third-order valence-electron chi connectivity index (χ3n) is 4.58. The van der Waals surface area contributed by atoms with Crippen LogP contribution in [0.5, 0.6) is 0 Å². The molecular weight excluding hydrogens is 266 g/mol. The molecule has 0 aromatic heterocycles. The summed E-state index contributed by atoms with van der Waals surface area (Å²) in [4.78, 5) is 21.7. The van der Waals surface area contributed by atoms with Crippen LogP contribution in [0.25, 0.3) is 5.57 Å². The summed E-state index contributed by atoms with van der Waals surface area (Å²) in [5.74, 6) is -0.887. The summed E-state index contributed by atoms with van der Waals surface area (Å²) in [5.41, 5.74) is 6.52. The van der Waals surface area contributed by atoms with E-state index < -0.39 is 12.0 Å². The molecule has 4 heteroatoms. The Bertz CT molecular complexity index is 618. The molecule has 1 aromatic carbocycles. The molecule has 2 aliphatic rings. The fourth-order valence-corrected chi connectivity index (χ4v) is 3.52. The Balaban J connectivity index is 1.82. The van der Waals surface area contributed by atoms with Crippen LogP contribution >= 0.6 is 0 Å². The van der Waals surface area contributed by atoms with Gasteiger partial charge < -0.3 is 5.11 Å². The largest absolute Gasteiger partial charge is 0.481 e.